The van der Waals surface area contributed by atoms with E-state index in [2.05, 4.69) is 17.0 Å². The Morgan fingerprint density at radius 1 is 1.37 bits per heavy atom. The second kappa shape index (κ2) is 6.92. The number of nitrogens with zero attached hydrogens (tertiary/aromatic N) is 1. The highest BCUT2D eigenvalue weighted by molar-refractivity contribution is 5.27. The molecule has 0 saturated carbocycles. The minimum absolute atomic E-state index is 0.188. The van der Waals surface area contributed by atoms with Gasteiger partial charge < -0.3 is 9.84 Å². The lowest BCUT2D eigenvalue weighted by Crippen LogP contribution is -2.33. The summed E-state index contributed by atoms with van der Waals surface area (Å²) >= 11 is 0. The fraction of sp³-hybridized carbons (Fsp3) is 0.625. The Morgan fingerprint density at radius 2 is 2.11 bits per heavy atom. The predicted octanol–water partition coefficient (Wildman–Crippen LogP) is 2.47. The molecule has 19 heavy (non-hydrogen) atoms. The van der Waals surface area contributed by atoms with E-state index in [1.54, 1.807) is 7.11 Å². The van der Waals surface area contributed by atoms with Gasteiger partial charge in [-0.05, 0) is 56.8 Å². The normalized spacial score (nSPS) is 21.5. The van der Waals surface area contributed by atoms with E-state index < -0.39 is 0 Å². The van der Waals surface area contributed by atoms with Gasteiger partial charge in [0.1, 0.15) is 5.75 Å². The van der Waals surface area contributed by atoms with E-state index in [4.69, 9.17) is 4.74 Å². The monoisotopic (exact) mass is 263 g/mol. The lowest BCUT2D eigenvalue weighted by molar-refractivity contribution is 0.134. The summed E-state index contributed by atoms with van der Waals surface area (Å²) in [5.41, 5.74) is 1.35. The highest BCUT2D eigenvalue weighted by atomic mass is 16.5. The van der Waals surface area contributed by atoms with Gasteiger partial charge in [0.05, 0.1) is 13.2 Å². The Labute approximate surface area is 116 Å². The van der Waals surface area contributed by atoms with Crippen LogP contribution >= 0.6 is 0 Å². The van der Waals surface area contributed by atoms with Crippen LogP contribution in [0.5, 0.6) is 5.75 Å². The lowest BCUT2D eigenvalue weighted by atomic mass is 10.1. The van der Waals surface area contributed by atoms with Crippen molar-refractivity contribution in [2.45, 2.75) is 44.8 Å². The van der Waals surface area contributed by atoms with Crippen molar-refractivity contribution in [2.75, 3.05) is 20.2 Å². The number of ether oxygens (including phenoxy) is 1. The Bertz CT molecular complexity index is 375. The zero-order valence-corrected chi connectivity index (χ0v) is 12.0. The summed E-state index contributed by atoms with van der Waals surface area (Å²) in [5.74, 6) is 0.914. The maximum atomic E-state index is 9.53. The van der Waals surface area contributed by atoms with Crippen LogP contribution in [-0.2, 0) is 6.42 Å². The van der Waals surface area contributed by atoms with Gasteiger partial charge >= 0.3 is 0 Å². The van der Waals surface area contributed by atoms with Crippen molar-refractivity contribution in [1.29, 1.82) is 0 Å². The van der Waals surface area contributed by atoms with Crippen molar-refractivity contribution in [3.63, 3.8) is 0 Å². The van der Waals surface area contributed by atoms with E-state index in [0.717, 1.165) is 25.1 Å². The second-order valence-corrected chi connectivity index (χ2v) is 5.51. The molecule has 3 heteroatoms. The molecule has 1 aliphatic rings. The molecule has 0 amide bonds. The van der Waals surface area contributed by atoms with E-state index >= 15 is 0 Å². The molecule has 1 saturated heterocycles. The van der Waals surface area contributed by atoms with Crippen LogP contribution in [0.1, 0.15) is 31.7 Å². The van der Waals surface area contributed by atoms with Crippen LogP contribution in [0.25, 0.3) is 0 Å². The molecule has 2 rings (SSSR count). The molecule has 1 fully saturated rings. The van der Waals surface area contributed by atoms with Crippen LogP contribution < -0.4 is 4.74 Å². The molecule has 0 aromatic heterocycles. The number of methoxy groups -OCH3 is 1. The lowest BCUT2D eigenvalue weighted by Gasteiger charge is -2.25. The van der Waals surface area contributed by atoms with Crippen LogP contribution in [0.15, 0.2) is 24.3 Å². The highest BCUT2D eigenvalue weighted by Gasteiger charge is 2.24. The van der Waals surface area contributed by atoms with Crippen LogP contribution in [0, 0.1) is 0 Å². The standard InChI is InChI=1S/C16H25NO2/c1-13(18)12-15-4-3-10-17(15)11-9-14-5-7-16(19-2)8-6-14/h5-8,13,15,18H,3-4,9-12H2,1-2H3. The third kappa shape index (κ3) is 4.22. The highest BCUT2D eigenvalue weighted by Crippen LogP contribution is 2.22. The van der Waals surface area contributed by atoms with E-state index in [1.165, 1.54) is 24.9 Å². The molecule has 0 radical (unpaired) electrons. The van der Waals surface area contributed by atoms with Gasteiger partial charge in [-0.25, -0.2) is 0 Å². The molecule has 2 atom stereocenters. The number of hydrogen-bond donors (Lipinski definition) is 1. The molecule has 1 N–H and O–H groups in total. The van der Waals surface area contributed by atoms with Gasteiger partial charge in [0, 0.05) is 12.6 Å². The quantitative estimate of drug-likeness (QED) is 0.856. The van der Waals surface area contributed by atoms with Crippen molar-refractivity contribution in [1.82, 2.24) is 4.90 Å². The number of rotatable bonds is 6. The van der Waals surface area contributed by atoms with Crippen molar-refractivity contribution < 1.29 is 9.84 Å². The van der Waals surface area contributed by atoms with E-state index in [1.807, 2.05) is 19.1 Å². The van der Waals surface area contributed by atoms with Gasteiger partial charge in [0.2, 0.25) is 0 Å². The molecular formula is C16H25NO2. The number of aliphatic hydroxyl groups is 1. The molecule has 0 bridgehead atoms. The van der Waals surface area contributed by atoms with Gasteiger partial charge in [-0.1, -0.05) is 12.1 Å². The molecule has 0 spiro atoms. The molecule has 1 heterocycles. The Kier molecular flexibility index (Phi) is 5.23. The number of hydrogen-bond acceptors (Lipinski definition) is 3. The van der Waals surface area contributed by atoms with Crippen molar-refractivity contribution in [2.24, 2.45) is 0 Å². The van der Waals surface area contributed by atoms with E-state index in [0.29, 0.717) is 6.04 Å². The van der Waals surface area contributed by atoms with Gasteiger partial charge in [-0.3, -0.25) is 4.90 Å². The first-order chi connectivity index (χ1) is 9.19. The minimum Gasteiger partial charge on any atom is -0.497 e. The van der Waals surface area contributed by atoms with Gasteiger partial charge in [-0.2, -0.15) is 0 Å². The maximum Gasteiger partial charge on any atom is 0.118 e. The average molecular weight is 263 g/mol. The zero-order valence-electron chi connectivity index (χ0n) is 12.0. The minimum atomic E-state index is -0.188. The summed E-state index contributed by atoms with van der Waals surface area (Å²) in [5, 5.41) is 9.53. The van der Waals surface area contributed by atoms with Crippen molar-refractivity contribution >= 4 is 0 Å². The summed E-state index contributed by atoms with van der Waals surface area (Å²) < 4.78 is 5.17. The zero-order chi connectivity index (χ0) is 13.7. The van der Waals surface area contributed by atoms with E-state index in [9.17, 15) is 5.11 Å². The van der Waals surface area contributed by atoms with Gasteiger partial charge in [0.15, 0.2) is 0 Å². The second-order valence-electron chi connectivity index (χ2n) is 5.51. The third-order valence-electron chi connectivity index (χ3n) is 3.96. The molecule has 106 valence electrons. The van der Waals surface area contributed by atoms with Crippen LogP contribution in [0.2, 0.25) is 0 Å². The third-order valence-corrected chi connectivity index (χ3v) is 3.96. The van der Waals surface area contributed by atoms with Crippen LogP contribution in [-0.4, -0.2) is 42.4 Å². The van der Waals surface area contributed by atoms with Gasteiger partial charge in [-0.15, -0.1) is 0 Å². The molecule has 1 aliphatic heterocycles. The first kappa shape index (κ1) is 14.4. The Balaban J connectivity index is 1.83. The number of likely N-dealkylation sites (tertiary alicyclic amines) is 1. The molecule has 3 nitrogen and oxygen atoms in total. The SMILES string of the molecule is COc1ccc(CCN2CCCC2CC(C)O)cc1. The fourth-order valence-electron chi connectivity index (χ4n) is 2.92. The van der Waals surface area contributed by atoms with Gasteiger partial charge in [0.25, 0.3) is 0 Å². The summed E-state index contributed by atoms with van der Waals surface area (Å²) in [6.07, 6.45) is 4.28. The van der Waals surface area contributed by atoms with Crippen LogP contribution in [0.4, 0.5) is 0 Å². The topological polar surface area (TPSA) is 32.7 Å². The molecule has 1 aromatic carbocycles. The Morgan fingerprint density at radius 3 is 2.74 bits per heavy atom. The van der Waals surface area contributed by atoms with Crippen molar-refractivity contribution in [3.05, 3.63) is 29.8 Å². The van der Waals surface area contributed by atoms with Crippen molar-refractivity contribution in [3.8, 4) is 5.75 Å². The number of aliphatic hydroxyl groups excluding tert-OH is 1. The first-order valence-corrected chi connectivity index (χ1v) is 7.24. The average Bonchev–Trinajstić information content (AvgIpc) is 2.83. The fourth-order valence-corrected chi connectivity index (χ4v) is 2.92. The van der Waals surface area contributed by atoms with E-state index in [-0.39, 0.29) is 6.10 Å². The molecule has 2 unspecified atom stereocenters. The first-order valence-electron chi connectivity index (χ1n) is 7.24. The maximum absolute atomic E-state index is 9.53. The summed E-state index contributed by atoms with van der Waals surface area (Å²) in [6.45, 7) is 4.15. The molecule has 1 aromatic rings. The van der Waals surface area contributed by atoms with Crippen LogP contribution in [0.3, 0.4) is 0 Å². The Hall–Kier alpha value is -1.06. The summed E-state index contributed by atoms with van der Waals surface area (Å²) in [6, 6.07) is 8.88. The summed E-state index contributed by atoms with van der Waals surface area (Å²) in [7, 11) is 1.69. The molecular weight excluding hydrogens is 238 g/mol. The predicted molar refractivity (Wildman–Crippen MR) is 77.6 cm³/mol. The number of benzene rings is 1. The molecule has 0 aliphatic carbocycles. The summed E-state index contributed by atoms with van der Waals surface area (Å²) in [4.78, 5) is 2.52. The largest absolute Gasteiger partial charge is 0.497 e. The smallest absolute Gasteiger partial charge is 0.118 e.